The zero-order valence-electron chi connectivity index (χ0n) is 14.2. The molecule has 22 heavy (non-hydrogen) atoms. The molecule has 0 aromatic carbocycles. The van der Waals surface area contributed by atoms with Gasteiger partial charge in [0.2, 0.25) is 0 Å². The molecule has 4 aliphatic rings. The summed E-state index contributed by atoms with van der Waals surface area (Å²) in [5, 5.41) is 1.46. The van der Waals surface area contributed by atoms with Crippen molar-refractivity contribution >= 4 is 8.80 Å². The molecule has 0 amide bonds. The summed E-state index contributed by atoms with van der Waals surface area (Å²) in [6, 6.07) is 0. The van der Waals surface area contributed by atoms with Gasteiger partial charge in [0.15, 0.2) is 0 Å². The molecule has 0 aromatic rings. The average Bonchev–Trinajstić information content (AvgIpc) is 3.26. The Morgan fingerprint density at radius 2 is 1.50 bits per heavy atom. The van der Waals surface area contributed by atoms with Gasteiger partial charge in [-0.25, -0.2) is 0 Å². The lowest BCUT2D eigenvalue weighted by atomic mass is 9.73. The third-order valence-corrected chi connectivity index (χ3v) is 9.93. The van der Waals surface area contributed by atoms with Crippen molar-refractivity contribution in [1.29, 1.82) is 0 Å². The summed E-state index contributed by atoms with van der Waals surface area (Å²) in [5.74, 6) is 5.37. The zero-order chi connectivity index (χ0) is 15.3. The van der Waals surface area contributed by atoms with Crippen LogP contribution >= 0.6 is 0 Å². The van der Waals surface area contributed by atoms with Crippen molar-refractivity contribution in [1.82, 2.24) is 0 Å². The van der Waals surface area contributed by atoms with Crippen molar-refractivity contribution < 1.29 is 13.3 Å². The van der Waals surface area contributed by atoms with Crippen LogP contribution in [0.25, 0.3) is 0 Å². The fourth-order valence-corrected chi connectivity index (χ4v) is 9.43. The first-order chi connectivity index (χ1) is 10.7. The Morgan fingerprint density at radius 3 is 2.09 bits per heavy atom. The Bertz CT molecular complexity index is 446. The van der Waals surface area contributed by atoms with Crippen LogP contribution in [0.15, 0.2) is 11.3 Å². The fraction of sp³-hybridized carbons (Fsp3) is 0.889. The van der Waals surface area contributed by atoms with E-state index < -0.39 is 8.80 Å². The van der Waals surface area contributed by atoms with Gasteiger partial charge >= 0.3 is 8.80 Å². The van der Waals surface area contributed by atoms with Gasteiger partial charge in [0, 0.05) is 19.8 Å². The molecule has 4 rings (SSSR count). The Hall–Kier alpha value is -0.163. The molecule has 4 aliphatic carbocycles. The quantitative estimate of drug-likeness (QED) is 0.527. The summed E-state index contributed by atoms with van der Waals surface area (Å²) in [7, 11) is -2.64. The van der Waals surface area contributed by atoms with E-state index in [9.17, 15) is 0 Å². The highest BCUT2D eigenvalue weighted by molar-refractivity contribution is 6.69. The normalized spacial score (nSPS) is 42.0. The standard InChI is InChI=1S/C18H30O3Si/c1-4-19-22(20-5-2,21-6-3)16-11-14-10-15(16)18-13-8-7-12(9-13)17(14)18/h11-15,17-18H,4-10H2,1-3H3. The first-order valence-electron chi connectivity index (χ1n) is 9.38. The molecule has 0 spiro atoms. The molecular weight excluding hydrogens is 292 g/mol. The molecule has 4 bridgehead atoms. The summed E-state index contributed by atoms with van der Waals surface area (Å²) < 4.78 is 18.6. The maximum Gasteiger partial charge on any atom is 0.532 e. The molecule has 6 atom stereocenters. The number of hydrogen-bond acceptors (Lipinski definition) is 3. The van der Waals surface area contributed by atoms with E-state index in [1.807, 2.05) is 0 Å². The highest BCUT2D eigenvalue weighted by Crippen LogP contribution is 2.67. The van der Waals surface area contributed by atoms with Crippen LogP contribution in [0.4, 0.5) is 0 Å². The lowest BCUT2D eigenvalue weighted by molar-refractivity contribution is 0.0740. The van der Waals surface area contributed by atoms with Gasteiger partial charge in [-0.1, -0.05) is 6.08 Å². The van der Waals surface area contributed by atoms with E-state index in [0.29, 0.717) is 25.7 Å². The predicted molar refractivity (Wildman–Crippen MR) is 88.1 cm³/mol. The van der Waals surface area contributed by atoms with Crippen molar-refractivity contribution in [3.8, 4) is 0 Å². The average molecular weight is 323 g/mol. The second-order valence-corrected chi connectivity index (χ2v) is 10.0. The van der Waals surface area contributed by atoms with Crippen LogP contribution in [0.2, 0.25) is 0 Å². The first kappa shape index (κ1) is 15.4. The predicted octanol–water partition coefficient (Wildman–Crippen LogP) is 3.81. The van der Waals surface area contributed by atoms with Crippen LogP contribution in [0.3, 0.4) is 0 Å². The first-order valence-corrected chi connectivity index (χ1v) is 11.1. The summed E-state index contributed by atoms with van der Waals surface area (Å²) in [5.41, 5.74) is 0. The van der Waals surface area contributed by atoms with E-state index in [-0.39, 0.29) is 0 Å². The van der Waals surface area contributed by atoms with Crippen molar-refractivity contribution in [2.24, 2.45) is 35.5 Å². The summed E-state index contributed by atoms with van der Waals surface area (Å²) in [4.78, 5) is 0. The Balaban J connectivity index is 1.65. The van der Waals surface area contributed by atoms with Crippen LogP contribution in [-0.2, 0) is 13.3 Å². The minimum Gasteiger partial charge on any atom is -0.370 e. The largest absolute Gasteiger partial charge is 0.532 e. The van der Waals surface area contributed by atoms with Gasteiger partial charge in [0.05, 0.1) is 0 Å². The van der Waals surface area contributed by atoms with Gasteiger partial charge in [0.25, 0.3) is 0 Å². The number of rotatable bonds is 7. The minimum atomic E-state index is -2.64. The zero-order valence-corrected chi connectivity index (χ0v) is 15.2. The second-order valence-electron chi connectivity index (χ2n) is 7.47. The van der Waals surface area contributed by atoms with Gasteiger partial charge in [-0.2, -0.15) is 0 Å². The Labute approximate surface area is 135 Å². The highest BCUT2D eigenvalue weighted by Gasteiger charge is 2.64. The SMILES string of the molecule is CCO[Si](OCC)(OCC)C1=CC2CC1C1C3CCC(C3)C21. The van der Waals surface area contributed by atoms with Crippen molar-refractivity contribution in [3.63, 3.8) is 0 Å². The number of hydrogen-bond donors (Lipinski definition) is 0. The Kier molecular flexibility index (Phi) is 4.00. The van der Waals surface area contributed by atoms with E-state index >= 15 is 0 Å². The van der Waals surface area contributed by atoms with E-state index in [4.69, 9.17) is 13.3 Å². The lowest BCUT2D eigenvalue weighted by Crippen LogP contribution is -2.51. The van der Waals surface area contributed by atoms with Crippen LogP contribution in [0.5, 0.6) is 0 Å². The van der Waals surface area contributed by atoms with E-state index in [1.54, 1.807) is 0 Å². The van der Waals surface area contributed by atoms with Gasteiger partial charge in [-0.15, -0.1) is 0 Å². The summed E-state index contributed by atoms with van der Waals surface area (Å²) >= 11 is 0. The van der Waals surface area contributed by atoms with Crippen LogP contribution < -0.4 is 0 Å². The fourth-order valence-electron chi connectivity index (χ4n) is 6.36. The van der Waals surface area contributed by atoms with Crippen molar-refractivity contribution in [2.75, 3.05) is 19.8 Å². The molecule has 0 aliphatic heterocycles. The highest BCUT2D eigenvalue weighted by atomic mass is 28.4. The molecule has 3 nitrogen and oxygen atoms in total. The summed E-state index contributed by atoms with van der Waals surface area (Å²) in [6.45, 7) is 8.24. The molecule has 0 N–H and O–H groups in total. The second kappa shape index (κ2) is 5.73. The number of allylic oxidation sites excluding steroid dienone is 2. The molecule has 0 saturated heterocycles. The molecule has 124 valence electrons. The number of fused-ring (bicyclic) bond motifs is 9. The molecule has 3 saturated carbocycles. The van der Waals surface area contributed by atoms with Gasteiger partial charge in [0.1, 0.15) is 0 Å². The van der Waals surface area contributed by atoms with Gasteiger partial charge in [-0.3, -0.25) is 0 Å². The molecular formula is C18H30O3Si. The van der Waals surface area contributed by atoms with Gasteiger partial charge < -0.3 is 13.3 Å². The van der Waals surface area contributed by atoms with Crippen molar-refractivity contribution in [3.05, 3.63) is 11.3 Å². The van der Waals surface area contributed by atoms with Crippen LogP contribution in [0, 0.1) is 35.5 Å². The molecule has 0 radical (unpaired) electrons. The Morgan fingerprint density at radius 1 is 0.909 bits per heavy atom. The van der Waals surface area contributed by atoms with E-state index in [0.717, 1.165) is 29.6 Å². The maximum atomic E-state index is 6.20. The molecule has 3 fully saturated rings. The summed E-state index contributed by atoms with van der Waals surface area (Å²) in [6.07, 6.45) is 8.34. The van der Waals surface area contributed by atoms with E-state index in [2.05, 4.69) is 26.8 Å². The molecule has 4 heteroatoms. The van der Waals surface area contributed by atoms with Crippen LogP contribution in [-0.4, -0.2) is 28.6 Å². The smallest absolute Gasteiger partial charge is 0.370 e. The maximum absolute atomic E-state index is 6.20. The lowest BCUT2D eigenvalue weighted by Gasteiger charge is -2.39. The molecule has 0 aromatic heterocycles. The third-order valence-electron chi connectivity index (χ3n) is 6.68. The van der Waals surface area contributed by atoms with Gasteiger partial charge in [-0.05, 0) is 87.2 Å². The topological polar surface area (TPSA) is 27.7 Å². The third kappa shape index (κ3) is 2.03. The minimum absolute atomic E-state index is 0.682. The molecule has 0 heterocycles. The van der Waals surface area contributed by atoms with Crippen molar-refractivity contribution in [2.45, 2.75) is 46.5 Å². The monoisotopic (exact) mass is 322 g/mol. The molecule has 6 unspecified atom stereocenters. The van der Waals surface area contributed by atoms with E-state index in [1.165, 1.54) is 30.9 Å². The van der Waals surface area contributed by atoms with Crippen LogP contribution in [0.1, 0.15) is 46.5 Å².